The van der Waals surface area contributed by atoms with Crippen LogP contribution in [-0.2, 0) is 5.54 Å². The predicted molar refractivity (Wildman–Crippen MR) is 83.3 cm³/mol. The van der Waals surface area contributed by atoms with E-state index in [1.54, 1.807) is 0 Å². The second-order valence-corrected chi connectivity index (χ2v) is 5.51. The number of rotatable bonds is 2. The Morgan fingerprint density at radius 1 is 1.00 bits per heavy atom. The highest BCUT2D eigenvalue weighted by atomic mass is 16.2. The molecule has 0 radical (unpaired) electrons. The second-order valence-electron chi connectivity index (χ2n) is 5.51. The van der Waals surface area contributed by atoms with Crippen molar-refractivity contribution in [1.29, 1.82) is 0 Å². The highest BCUT2D eigenvalue weighted by molar-refractivity contribution is 6.02. The zero-order chi connectivity index (χ0) is 14.4. The standard InChI is InChI=1S/C18H16N2O/c1-2-18(14-9-5-3-8-13(14)17(21)20-18)15-11-19-16-10-6-4-7-12(15)16/h3-11,19H,2H2,1H3,(H,20,21)/t18-/m1/s1. The van der Waals surface area contributed by atoms with Crippen molar-refractivity contribution >= 4 is 16.8 Å². The zero-order valence-corrected chi connectivity index (χ0v) is 11.8. The van der Waals surface area contributed by atoms with Crippen LogP contribution in [0.2, 0.25) is 0 Å². The number of aromatic nitrogens is 1. The fourth-order valence-corrected chi connectivity index (χ4v) is 3.49. The molecule has 104 valence electrons. The van der Waals surface area contributed by atoms with E-state index in [0.717, 1.165) is 34.0 Å². The van der Waals surface area contributed by atoms with Gasteiger partial charge in [0.15, 0.2) is 0 Å². The Balaban J connectivity index is 2.03. The maximum Gasteiger partial charge on any atom is 0.252 e. The van der Waals surface area contributed by atoms with Crippen LogP contribution < -0.4 is 5.32 Å². The third-order valence-electron chi connectivity index (χ3n) is 4.54. The number of nitrogens with one attached hydrogen (secondary N) is 2. The largest absolute Gasteiger partial charge is 0.361 e. The molecule has 0 fully saturated rings. The van der Waals surface area contributed by atoms with Gasteiger partial charge in [-0.3, -0.25) is 4.79 Å². The number of fused-ring (bicyclic) bond motifs is 2. The second kappa shape index (κ2) is 4.22. The lowest BCUT2D eigenvalue weighted by molar-refractivity contribution is 0.0939. The minimum Gasteiger partial charge on any atom is -0.361 e. The van der Waals surface area contributed by atoms with E-state index in [0.29, 0.717) is 0 Å². The molecule has 3 nitrogen and oxygen atoms in total. The molecule has 0 aliphatic carbocycles. The number of hydrogen-bond donors (Lipinski definition) is 2. The minimum absolute atomic E-state index is 0.0118. The summed E-state index contributed by atoms with van der Waals surface area (Å²) in [6.07, 6.45) is 2.84. The van der Waals surface area contributed by atoms with Crippen LogP contribution in [0.25, 0.3) is 10.9 Å². The van der Waals surface area contributed by atoms with Gasteiger partial charge in [0, 0.05) is 28.2 Å². The lowest BCUT2D eigenvalue weighted by Gasteiger charge is -2.29. The molecule has 1 aromatic heterocycles. The average molecular weight is 276 g/mol. The average Bonchev–Trinajstić information content (AvgIpc) is 3.08. The highest BCUT2D eigenvalue weighted by Crippen LogP contribution is 2.42. The van der Waals surface area contributed by atoms with Gasteiger partial charge in [0.1, 0.15) is 0 Å². The van der Waals surface area contributed by atoms with Crippen molar-refractivity contribution in [3.63, 3.8) is 0 Å². The van der Waals surface area contributed by atoms with E-state index in [1.165, 1.54) is 0 Å². The Kier molecular flexibility index (Phi) is 2.45. The number of amides is 1. The molecule has 4 rings (SSSR count). The summed E-state index contributed by atoms with van der Waals surface area (Å²) in [7, 11) is 0. The van der Waals surface area contributed by atoms with Crippen LogP contribution in [0.15, 0.2) is 54.7 Å². The Morgan fingerprint density at radius 3 is 2.62 bits per heavy atom. The highest BCUT2D eigenvalue weighted by Gasteiger charge is 2.43. The summed E-state index contributed by atoms with van der Waals surface area (Å²) in [5, 5.41) is 4.38. The summed E-state index contributed by atoms with van der Waals surface area (Å²) < 4.78 is 0. The third-order valence-corrected chi connectivity index (χ3v) is 4.54. The van der Waals surface area contributed by atoms with Crippen molar-refractivity contribution in [2.45, 2.75) is 18.9 Å². The smallest absolute Gasteiger partial charge is 0.252 e. The van der Waals surface area contributed by atoms with Crippen molar-refractivity contribution in [3.8, 4) is 0 Å². The molecule has 2 N–H and O–H groups in total. The van der Waals surface area contributed by atoms with Crippen LogP contribution in [0.5, 0.6) is 0 Å². The van der Waals surface area contributed by atoms with Gasteiger partial charge in [-0.1, -0.05) is 43.3 Å². The molecule has 1 aliphatic heterocycles. The summed E-state index contributed by atoms with van der Waals surface area (Å²) in [5.41, 5.74) is 3.65. The Labute approximate surface area is 123 Å². The van der Waals surface area contributed by atoms with E-state index in [-0.39, 0.29) is 5.91 Å². The normalized spacial score (nSPS) is 20.5. The SMILES string of the molecule is CC[C@@]1(c2c[nH]c3ccccc23)NC(=O)c2ccccc21. The fraction of sp³-hybridized carbons (Fsp3) is 0.167. The topological polar surface area (TPSA) is 44.9 Å². The number of aromatic amines is 1. The number of carbonyl (C=O) groups is 1. The molecular weight excluding hydrogens is 260 g/mol. The van der Waals surface area contributed by atoms with E-state index in [9.17, 15) is 4.79 Å². The van der Waals surface area contributed by atoms with Gasteiger partial charge in [0.25, 0.3) is 5.91 Å². The zero-order valence-electron chi connectivity index (χ0n) is 11.8. The lowest BCUT2D eigenvalue weighted by Crippen LogP contribution is -2.39. The van der Waals surface area contributed by atoms with Crippen LogP contribution in [0.3, 0.4) is 0 Å². The molecule has 1 amide bonds. The quantitative estimate of drug-likeness (QED) is 0.738. The number of hydrogen-bond acceptors (Lipinski definition) is 1. The summed E-state index contributed by atoms with van der Waals surface area (Å²) in [6, 6.07) is 16.1. The first-order chi connectivity index (χ1) is 10.3. The van der Waals surface area contributed by atoms with Gasteiger partial charge in [-0.05, 0) is 24.1 Å². The Hall–Kier alpha value is -2.55. The van der Waals surface area contributed by atoms with E-state index < -0.39 is 5.54 Å². The Bertz CT molecular complexity index is 849. The maximum atomic E-state index is 12.3. The molecule has 0 unspecified atom stereocenters. The molecule has 0 bridgehead atoms. The first-order valence-electron chi connectivity index (χ1n) is 7.25. The molecule has 21 heavy (non-hydrogen) atoms. The molecule has 3 heteroatoms. The minimum atomic E-state index is -0.437. The molecule has 1 atom stereocenters. The fourth-order valence-electron chi connectivity index (χ4n) is 3.49. The number of H-pyrrole nitrogens is 1. The van der Waals surface area contributed by atoms with Crippen LogP contribution in [0.1, 0.15) is 34.8 Å². The van der Waals surface area contributed by atoms with Crippen molar-refractivity contribution in [2.24, 2.45) is 0 Å². The van der Waals surface area contributed by atoms with Gasteiger partial charge in [-0.25, -0.2) is 0 Å². The number of para-hydroxylation sites is 1. The lowest BCUT2D eigenvalue weighted by atomic mass is 9.81. The van der Waals surface area contributed by atoms with Crippen molar-refractivity contribution in [1.82, 2.24) is 10.3 Å². The first-order valence-corrected chi connectivity index (χ1v) is 7.25. The van der Waals surface area contributed by atoms with Crippen molar-refractivity contribution < 1.29 is 4.79 Å². The molecule has 1 aliphatic rings. The number of carbonyl (C=O) groups excluding carboxylic acids is 1. The van der Waals surface area contributed by atoms with Gasteiger partial charge < -0.3 is 10.3 Å². The molecule has 2 heterocycles. The van der Waals surface area contributed by atoms with E-state index in [2.05, 4.69) is 35.4 Å². The third kappa shape index (κ3) is 1.51. The Morgan fingerprint density at radius 2 is 1.76 bits per heavy atom. The van der Waals surface area contributed by atoms with Gasteiger partial charge in [-0.2, -0.15) is 0 Å². The monoisotopic (exact) mass is 276 g/mol. The van der Waals surface area contributed by atoms with Gasteiger partial charge in [0.05, 0.1) is 5.54 Å². The van der Waals surface area contributed by atoms with E-state index in [1.807, 2.05) is 36.5 Å². The summed E-state index contributed by atoms with van der Waals surface area (Å²) in [6.45, 7) is 2.12. The maximum absolute atomic E-state index is 12.3. The molecule has 0 saturated carbocycles. The summed E-state index contributed by atoms with van der Waals surface area (Å²) >= 11 is 0. The van der Waals surface area contributed by atoms with Crippen molar-refractivity contribution in [3.05, 3.63) is 71.4 Å². The summed E-state index contributed by atoms with van der Waals surface area (Å²) in [4.78, 5) is 15.7. The van der Waals surface area contributed by atoms with Crippen molar-refractivity contribution in [2.75, 3.05) is 0 Å². The van der Waals surface area contributed by atoms with Crippen LogP contribution in [0.4, 0.5) is 0 Å². The van der Waals surface area contributed by atoms with Crippen LogP contribution >= 0.6 is 0 Å². The number of benzene rings is 2. The molecule has 3 aromatic rings. The summed E-state index contributed by atoms with van der Waals surface area (Å²) in [5.74, 6) is 0.0118. The van der Waals surface area contributed by atoms with Gasteiger partial charge in [0.2, 0.25) is 0 Å². The molecule has 2 aromatic carbocycles. The van der Waals surface area contributed by atoms with Crippen LogP contribution in [0, 0.1) is 0 Å². The van der Waals surface area contributed by atoms with E-state index in [4.69, 9.17) is 0 Å². The van der Waals surface area contributed by atoms with Gasteiger partial charge in [-0.15, -0.1) is 0 Å². The molecule has 0 spiro atoms. The van der Waals surface area contributed by atoms with E-state index >= 15 is 0 Å². The first kappa shape index (κ1) is 12.2. The predicted octanol–water partition coefficient (Wildman–Crippen LogP) is 3.56. The van der Waals surface area contributed by atoms with Gasteiger partial charge >= 0.3 is 0 Å². The molecular formula is C18H16N2O. The molecule has 0 saturated heterocycles. The van der Waals surface area contributed by atoms with Crippen LogP contribution in [-0.4, -0.2) is 10.9 Å².